The van der Waals surface area contributed by atoms with Crippen molar-refractivity contribution in [2.75, 3.05) is 6.61 Å². The summed E-state index contributed by atoms with van der Waals surface area (Å²) in [6.45, 7) is 2.86. The van der Waals surface area contributed by atoms with Gasteiger partial charge in [0, 0.05) is 10.6 Å². The van der Waals surface area contributed by atoms with E-state index in [0.717, 1.165) is 42.8 Å². The molecule has 192 valence electrons. The standard InChI is InChI=1S/C30H23ClINO4S/c1-2-36-26-15-19(14-25(32)28(26)37-18-22-9-4-6-13-24(22)31)16-27-29(34)33(30(35)38-27)17-21-11-7-10-20-8-3-5-12-23(20)21/h3-16H,2,17-18H2,1H3/b27-16+. The molecular formula is C30H23ClINO4S. The highest BCUT2D eigenvalue weighted by molar-refractivity contribution is 14.1. The molecule has 0 aromatic heterocycles. The first-order chi connectivity index (χ1) is 18.4. The van der Waals surface area contributed by atoms with Gasteiger partial charge in [-0.1, -0.05) is 72.3 Å². The van der Waals surface area contributed by atoms with Crippen molar-refractivity contribution in [2.45, 2.75) is 20.1 Å². The summed E-state index contributed by atoms with van der Waals surface area (Å²) in [4.78, 5) is 27.8. The molecule has 0 spiro atoms. The molecule has 1 fully saturated rings. The maximum Gasteiger partial charge on any atom is 0.293 e. The number of benzene rings is 4. The zero-order chi connectivity index (χ0) is 26.6. The minimum Gasteiger partial charge on any atom is -0.490 e. The van der Waals surface area contributed by atoms with Gasteiger partial charge in [-0.05, 0) is 87.5 Å². The quantitative estimate of drug-likeness (QED) is 0.141. The minimum absolute atomic E-state index is 0.222. The van der Waals surface area contributed by atoms with Crippen LogP contribution in [0.25, 0.3) is 16.8 Å². The van der Waals surface area contributed by atoms with Crippen LogP contribution < -0.4 is 9.47 Å². The summed E-state index contributed by atoms with van der Waals surface area (Å²) in [6, 6.07) is 25.1. The summed E-state index contributed by atoms with van der Waals surface area (Å²) < 4.78 is 12.8. The van der Waals surface area contributed by atoms with Gasteiger partial charge in [-0.25, -0.2) is 0 Å². The average Bonchev–Trinajstić information content (AvgIpc) is 3.16. The normalized spacial score (nSPS) is 14.5. The van der Waals surface area contributed by atoms with E-state index in [1.54, 1.807) is 6.08 Å². The number of hydrogen-bond donors (Lipinski definition) is 0. The predicted molar refractivity (Wildman–Crippen MR) is 162 cm³/mol. The molecule has 2 amide bonds. The molecular weight excluding hydrogens is 633 g/mol. The Kier molecular flexibility index (Phi) is 8.26. The third-order valence-electron chi connectivity index (χ3n) is 6.04. The van der Waals surface area contributed by atoms with Crippen LogP contribution in [-0.2, 0) is 17.9 Å². The zero-order valence-electron chi connectivity index (χ0n) is 20.4. The second-order valence-corrected chi connectivity index (χ2v) is 11.1. The third-order valence-corrected chi connectivity index (χ3v) is 8.12. The van der Waals surface area contributed by atoms with Gasteiger partial charge >= 0.3 is 0 Å². The Morgan fingerprint density at radius 3 is 2.50 bits per heavy atom. The first kappa shape index (κ1) is 26.6. The van der Waals surface area contributed by atoms with Gasteiger partial charge in [0.1, 0.15) is 6.61 Å². The molecule has 0 aliphatic carbocycles. The van der Waals surface area contributed by atoms with E-state index < -0.39 is 0 Å². The average molecular weight is 656 g/mol. The highest BCUT2D eigenvalue weighted by Gasteiger charge is 2.35. The topological polar surface area (TPSA) is 55.8 Å². The van der Waals surface area contributed by atoms with E-state index in [2.05, 4.69) is 22.6 Å². The highest BCUT2D eigenvalue weighted by atomic mass is 127. The zero-order valence-corrected chi connectivity index (χ0v) is 24.2. The molecule has 38 heavy (non-hydrogen) atoms. The van der Waals surface area contributed by atoms with Crippen LogP contribution in [0.4, 0.5) is 4.79 Å². The van der Waals surface area contributed by atoms with Gasteiger partial charge in [0.15, 0.2) is 11.5 Å². The highest BCUT2D eigenvalue weighted by Crippen LogP contribution is 2.38. The summed E-state index contributed by atoms with van der Waals surface area (Å²) in [5.74, 6) is 0.862. The fraction of sp³-hybridized carbons (Fsp3) is 0.133. The smallest absolute Gasteiger partial charge is 0.293 e. The fourth-order valence-corrected chi connectivity index (χ4v) is 6.04. The van der Waals surface area contributed by atoms with E-state index in [1.807, 2.05) is 85.8 Å². The molecule has 0 bridgehead atoms. The van der Waals surface area contributed by atoms with Gasteiger partial charge in [-0.3, -0.25) is 14.5 Å². The van der Waals surface area contributed by atoms with Gasteiger partial charge in [0.25, 0.3) is 11.1 Å². The van der Waals surface area contributed by atoms with Crippen molar-refractivity contribution in [2.24, 2.45) is 0 Å². The Bertz CT molecular complexity index is 1570. The number of thioether (sulfide) groups is 1. The maximum atomic E-state index is 13.3. The minimum atomic E-state index is -0.306. The molecule has 0 radical (unpaired) electrons. The summed E-state index contributed by atoms with van der Waals surface area (Å²) in [7, 11) is 0. The lowest BCUT2D eigenvalue weighted by Crippen LogP contribution is -2.27. The Morgan fingerprint density at radius 2 is 1.68 bits per heavy atom. The molecule has 1 aliphatic heterocycles. The number of hydrogen-bond acceptors (Lipinski definition) is 5. The van der Waals surface area contributed by atoms with E-state index in [4.69, 9.17) is 21.1 Å². The summed E-state index contributed by atoms with van der Waals surface area (Å²) in [6.07, 6.45) is 1.73. The van der Waals surface area contributed by atoms with Crippen molar-refractivity contribution in [3.63, 3.8) is 0 Å². The van der Waals surface area contributed by atoms with E-state index in [0.29, 0.717) is 34.6 Å². The van der Waals surface area contributed by atoms with Crippen LogP contribution in [0.5, 0.6) is 11.5 Å². The third kappa shape index (κ3) is 5.70. The number of amides is 2. The van der Waals surface area contributed by atoms with Crippen molar-refractivity contribution >= 4 is 73.9 Å². The van der Waals surface area contributed by atoms with Crippen LogP contribution in [0.1, 0.15) is 23.6 Å². The molecule has 1 aliphatic rings. The van der Waals surface area contributed by atoms with E-state index >= 15 is 0 Å². The van der Waals surface area contributed by atoms with Crippen molar-refractivity contribution < 1.29 is 19.1 Å². The Labute approximate surface area is 243 Å². The second-order valence-electron chi connectivity index (χ2n) is 8.55. The Hall–Kier alpha value is -3.01. The second kappa shape index (κ2) is 11.8. The van der Waals surface area contributed by atoms with Crippen molar-refractivity contribution in [3.05, 3.63) is 109 Å². The SMILES string of the molecule is CCOc1cc(/C=C2/SC(=O)N(Cc3cccc4ccccc34)C2=O)cc(I)c1OCc1ccccc1Cl. The van der Waals surface area contributed by atoms with Crippen LogP contribution in [0, 0.1) is 3.57 Å². The number of rotatable bonds is 8. The number of fused-ring (bicyclic) bond motifs is 1. The van der Waals surface area contributed by atoms with Gasteiger partial charge in [-0.15, -0.1) is 0 Å². The number of carbonyl (C=O) groups is 2. The molecule has 0 unspecified atom stereocenters. The summed E-state index contributed by atoms with van der Waals surface area (Å²) in [5.41, 5.74) is 2.55. The van der Waals surface area contributed by atoms with Crippen molar-refractivity contribution in [3.8, 4) is 11.5 Å². The lowest BCUT2D eigenvalue weighted by molar-refractivity contribution is -0.123. The Balaban J connectivity index is 1.39. The maximum absolute atomic E-state index is 13.3. The molecule has 0 saturated carbocycles. The number of nitrogens with zero attached hydrogens (tertiary/aromatic N) is 1. The molecule has 0 N–H and O–H groups in total. The van der Waals surface area contributed by atoms with Crippen LogP contribution in [0.2, 0.25) is 5.02 Å². The van der Waals surface area contributed by atoms with Crippen LogP contribution in [-0.4, -0.2) is 22.7 Å². The van der Waals surface area contributed by atoms with E-state index in [1.165, 1.54) is 4.90 Å². The largest absolute Gasteiger partial charge is 0.490 e. The number of ether oxygens (including phenoxy) is 2. The van der Waals surface area contributed by atoms with Crippen LogP contribution in [0.3, 0.4) is 0 Å². The molecule has 0 atom stereocenters. The first-order valence-corrected chi connectivity index (χ1v) is 14.3. The molecule has 4 aromatic rings. The molecule has 1 saturated heterocycles. The monoisotopic (exact) mass is 655 g/mol. The lowest BCUT2D eigenvalue weighted by Gasteiger charge is -2.15. The molecule has 5 nitrogen and oxygen atoms in total. The molecule has 4 aromatic carbocycles. The predicted octanol–water partition coefficient (Wildman–Crippen LogP) is 8.31. The van der Waals surface area contributed by atoms with E-state index in [9.17, 15) is 9.59 Å². The van der Waals surface area contributed by atoms with Gasteiger partial charge in [-0.2, -0.15) is 0 Å². The van der Waals surface area contributed by atoms with Crippen LogP contribution >= 0.6 is 46.0 Å². The summed E-state index contributed by atoms with van der Waals surface area (Å²) >= 11 is 9.42. The van der Waals surface area contributed by atoms with Crippen molar-refractivity contribution in [1.82, 2.24) is 4.90 Å². The van der Waals surface area contributed by atoms with Gasteiger partial charge in [0.2, 0.25) is 0 Å². The van der Waals surface area contributed by atoms with E-state index in [-0.39, 0.29) is 17.7 Å². The number of halogens is 2. The first-order valence-electron chi connectivity index (χ1n) is 12.0. The fourth-order valence-electron chi connectivity index (χ4n) is 4.23. The van der Waals surface area contributed by atoms with Crippen molar-refractivity contribution in [1.29, 1.82) is 0 Å². The lowest BCUT2D eigenvalue weighted by atomic mass is 10.0. The number of carbonyl (C=O) groups excluding carboxylic acids is 2. The van der Waals surface area contributed by atoms with Gasteiger partial charge in [0.05, 0.1) is 21.6 Å². The molecule has 8 heteroatoms. The van der Waals surface area contributed by atoms with Crippen LogP contribution in [0.15, 0.2) is 83.8 Å². The Morgan fingerprint density at radius 1 is 0.947 bits per heavy atom. The number of imide groups is 1. The molecule has 1 heterocycles. The summed E-state index contributed by atoms with van der Waals surface area (Å²) in [5, 5.41) is 2.45. The molecule has 5 rings (SSSR count). The van der Waals surface area contributed by atoms with Gasteiger partial charge < -0.3 is 9.47 Å².